The second kappa shape index (κ2) is 6.07. The molecule has 0 amide bonds. The van der Waals surface area contributed by atoms with Crippen LogP contribution in [0, 0.1) is 17.2 Å². The van der Waals surface area contributed by atoms with Crippen LogP contribution in [0.1, 0.15) is 25.7 Å². The second-order valence-corrected chi connectivity index (χ2v) is 7.42. The monoisotopic (exact) mass is 297 g/mol. The lowest BCUT2D eigenvalue weighted by Crippen LogP contribution is -2.41. The molecule has 104 valence electrons. The van der Waals surface area contributed by atoms with Crippen molar-refractivity contribution in [3.8, 4) is 6.07 Å². The fourth-order valence-electron chi connectivity index (χ4n) is 2.38. The second-order valence-electron chi connectivity index (χ2n) is 5.12. The fourth-order valence-corrected chi connectivity index (χ4v) is 4.27. The molecule has 0 radical (unpaired) electrons. The molecule has 0 spiro atoms. The summed E-state index contributed by atoms with van der Waals surface area (Å²) >= 11 is 3.31. The topological polar surface area (TPSA) is 78.8 Å². The highest BCUT2D eigenvalue weighted by Gasteiger charge is 2.39. The molecule has 2 N–H and O–H groups in total. The quantitative estimate of drug-likeness (QED) is 0.839. The predicted molar refractivity (Wildman–Crippen MR) is 79.4 cm³/mol. The van der Waals surface area contributed by atoms with E-state index >= 15 is 0 Å². The van der Waals surface area contributed by atoms with Gasteiger partial charge in [-0.05, 0) is 25.2 Å². The van der Waals surface area contributed by atoms with E-state index in [0.29, 0.717) is 5.92 Å². The summed E-state index contributed by atoms with van der Waals surface area (Å²) in [6.45, 7) is 0. The van der Waals surface area contributed by atoms with Crippen LogP contribution in [0.2, 0.25) is 0 Å². The minimum absolute atomic E-state index is 0.325. The summed E-state index contributed by atoms with van der Waals surface area (Å²) in [6, 6.07) is 2.29. The molecular weight excluding hydrogens is 278 g/mol. The van der Waals surface area contributed by atoms with Crippen LogP contribution in [0.4, 0.5) is 5.13 Å². The highest BCUT2D eigenvalue weighted by atomic mass is 32.2. The predicted octanol–water partition coefficient (Wildman–Crippen LogP) is 2.11. The third kappa shape index (κ3) is 3.38. The van der Waals surface area contributed by atoms with Crippen LogP contribution in [0.5, 0.6) is 0 Å². The van der Waals surface area contributed by atoms with Gasteiger partial charge in [0.25, 0.3) is 0 Å². The Bertz CT molecular complexity index is 467. The Morgan fingerprint density at radius 3 is 3.00 bits per heavy atom. The minimum atomic E-state index is -0.601. The molecule has 1 aliphatic carbocycles. The van der Waals surface area contributed by atoms with Gasteiger partial charge in [-0.15, -0.1) is 10.2 Å². The lowest BCUT2D eigenvalue weighted by atomic mass is 9.88. The zero-order valence-corrected chi connectivity index (χ0v) is 12.9. The van der Waals surface area contributed by atoms with Gasteiger partial charge in [0.15, 0.2) is 4.34 Å². The van der Waals surface area contributed by atoms with E-state index in [2.05, 4.69) is 16.3 Å². The van der Waals surface area contributed by atoms with Gasteiger partial charge in [-0.2, -0.15) is 5.26 Å². The van der Waals surface area contributed by atoms with Crippen LogP contribution >= 0.6 is 23.1 Å². The van der Waals surface area contributed by atoms with Crippen molar-refractivity contribution in [3.05, 3.63) is 0 Å². The van der Waals surface area contributed by atoms with Crippen LogP contribution in [-0.4, -0.2) is 35.6 Å². The van der Waals surface area contributed by atoms with Gasteiger partial charge in [0, 0.05) is 19.8 Å². The molecule has 19 heavy (non-hydrogen) atoms. The Kier molecular flexibility index (Phi) is 4.66. The summed E-state index contributed by atoms with van der Waals surface area (Å²) in [5.74, 6) is 1.28. The Balaban J connectivity index is 1.82. The Hall–Kier alpha value is -0.840. The third-order valence-corrected chi connectivity index (χ3v) is 5.81. The molecular formula is C12H19N5S2. The maximum Gasteiger partial charge on any atom is 0.208 e. The first kappa shape index (κ1) is 14.6. The normalized spacial score (nSPS) is 26.3. The van der Waals surface area contributed by atoms with E-state index in [0.717, 1.165) is 40.9 Å². The molecule has 1 heterocycles. The Morgan fingerprint density at radius 2 is 2.37 bits per heavy atom. The molecule has 0 saturated heterocycles. The molecule has 7 heteroatoms. The average molecular weight is 297 g/mol. The van der Waals surface area contributed by atoms with Gasteiger partial charge in [0.2, 0.25) is 5.13 Å². The summed E-state index contributed by atoms with van der Waals surface area (Å²) < 4.78 is 0.987. The highest BCUT2D eigenvalue weighted by molar-refractivity contribution is 8.01. The lowest BCUT2D eigenvalue weighted by Gasteiger charge is -2.23. The largest absolute Gasteiger partial charge is 0.353 e. The van der Waals surface area contributed by atoms with Crippen molar-refractivity contribution in [2.75, 3.05) is 24.7 Å². The van der Waals surface area contributed by atoms with Crippen molar-refractivity contribution in [1.29, 1.82) is 5.26 Å². The molecule has 1 fully saturated rings. The number of anilines is 1. The van der Waals surface area contributed by atoms with Crippen molar-refractivity contribution in [2.45, 2.75) is 35.6 Å². The number of hydrogen-bond acceptors (Lipinski definition) is 7. The SMILES string of the molecule is CN(C)c1nnc(SCCC2CCCC2(N)C#N)s1. The van der Waals surface area contributed by atoms with Crippen molar-refractivity contribution in [2.24, 2.45) is 11.7 Å². The van der Waals surface area contributed by atoms with E-state index in [1.807, 2.05) is 19.0 Å². The van der Waals surface area contributed by atoms with Crippen molar-refractivity contribution in [3.63, 3.8) is 0 Å². The van der Waals surface area contributed by atoms with E-state index in [9.17, 15) is 0 Å². The smallest absolute Gasteiger partial charge is 0.208 e. The van der Waals surface area contributed by atoms with Gasteiger partial charge >= 0.3 is 0 Å². The van der Waals surface area contributed by atoms with Crippen molar-refractivity contribution >= 4 is 28.2 Å². The van der Waals surface area contributed by atoms with Gasteiger partial charge in [-0.1, -0.05) is 29.5 Å². The van der Waals surface area contributed by atoms with Crippen LogP contribution in [0.15, 0.2) is 4.34 Å². The molecule has 1 saturated carbocycles. The number of rotatable bonds is 5. The number of nitrogens with zero attached hydrogens (tertiary/aromatic N) is 4. The summed E-state index contributed by atoms with van der Waals surface area (Å²) in [7, 11) is 3.92. The van der Waals surface area contributed by atoms with Gasteiger partial charge < -0.3 is 10.6 Å². The van der Waals surface area contributed by atoms with Crippen LogP contribution in [0.25, 0.3) is 0 Å². The van der Waals surface area contributed by atoms with Gasteiger partial charge in [0.1, 0.15) is 5.54 Å². The number of hydrogen-bond donors (Lipinski definition) is 1. The maximum atomic E-state index is 9.17. The first-order valence-corrected chi connectivity index (χ1v) is 8.19. The zero-order chi connectivity index (χ0) is 13.9. The van der Waals surface area contributed by atoms with Gasteiger partial charge in [-0.25, -0.2) is 0 Å². The molecule has 2 atom stereocenters. The van der Waals surface area contributed by atoms with Gasteiger partial charge in [0.05, 0.1) is 6.07 Å². The third-order valence-electron chi connectivity index (χ3n) is 3.55. The van der Waals surface area contributed by atoms with E-state index < -0.39 is 5.54 Å². The first-order valence-electron chi connectivity index (χ1n) is 6.39. The lowest BCUT2D eigenvalue weighted by molar-refractivity contribution is 0.389. The zero-order valence-electron chi connectivity index (χ0n) is 11.3. The van der Waals surface area contributed by atoms with Gasteiger partial charge in [-0.3, -0.25) is 0 Å². The summed E-state index contributed by atoms with van der Waals surface area (Å²) in [5.41, 5.74) is 5.52. The molecule has 1 aromatic heterocycles. The molecule has 5 nitrogen and oxygen atoms in total. The van der Waals surface area contributed by atoms with E-state index in [-0.39, 0.29) is 0 Å². The summed E-state index contributed by atoms with van der Waals surface area (Å²) in [6.07, 6.45) is 3.96. The molecule has 0 aromatic carbocycles. The number of nitriles is 1. The molecule has 2 rings (SSSR count). The molecule has 1 aliphatic rings. The summed E-state index contributed by atoms with van der Waals surface area (Å²) in [5, 5.41) is 18.4. The van der Waals surface area contributed by atoms with Crippen molar-refractivity contribution < 1.29 is 0 Å². The standard InChI is InChI=1S/C12H19N5S2/c1-17(2)10-15-16-11(19-10)18-7-5-9-4-3-6-12(9,14)8-13/h9H,3-7,14H2,1-2H3. The molecule has 1 aromatic rings. The molecule has 2 unspecified atom stereocenters. The first-order chi connectivity index (χ1) is 9.05. The van der Waals surface area contributed by atoms with E-state index in [1.54, 1.807) is 23.1 Å². The van der Waals surface area contributed by atoms with Crippen molar-refractivity contribution in [1.82, 2.24) is 10.2 Å². The molecule has 0 aliphatic heterocycles. The van der Waals surface area contributed by atoms with E-state index in [1.165, 1.54) is 0 Å². The number of aromatic nitrogens is 2. The van der Waals surface area contributed by atoms with Crippen LogP contribution in [-0.2, 0) is 0 Å². The van der Waals surface area contributed by atoms with E-state index in [4.69, 9.17) is 11.0 Å². The Morgan fingerprint density at radius 1 is 1.58 bits per heavy atom. The van der Waals surface area contributed by atoms with Crippen LogP contribution < -0.4 is 10.6 Å². The highest BCUT2D eigenvalue weighted by Crippen LogP contribution is 2.37. The fraction of sp³-hybridized carbons (Fsp3) is 0.750. The molecule has 0 bridgehead atoms. The minimum Gasteiger partial charge on any atom is -0.353 e. The number of thioether (sulfide) groups is 1. The average Bonchev–Trinajstić information content (AvgIpc) is 2.98. The van der Waals surface area contributed by atoms with Crippen LogP contribution in [0.3, 0.4) is 0 Å². The summed E-state index contributed by atoms with van der Waals surface area (Å²) in [4.78, 5) is 1.96. The number of nitrogens with two attached hydrogens (primary N) is 1. The Labute approximate surface area is 122 Å². The maximum absolute atomic E-state index is 9.17.